The minimum Gasteiger partial charge on any atom is -0.245 e. The van der Waals surface area contributed by atoms with Gasteiger partial charge in [-0.3, -0.25) is 0 Å². The highest BCUT2D eigenvalue weighted by Crippen LogP contribution is 2.40. The normalized spacial score (nSPS) is 13.3. The molecule has 0 amide bonds. The maximum atomic E-state index is 4.77. The highest BCUT2D eigenvalue weighted by Gasteiger charge is 2.18. The summed E-state index contributed by atoms with van der Waals surface area (Å²) in [4.78, 5) is 6.26. The van der Waals surface area contributed by atoms with E-state index in [1.54, 1.807) is 0 Å². The van der Waals surface area contributed by atoms with Crippen LogP contribution in [0.4, 0.5) is 0 Å². The third-order valence-corrected chi connectivity index (χ3v) is 18.1. The zero-order valence-electron chi connectivity index (χ0n) is 48.2. The molecule has 0 saturated carbocycles. The summed E-state index contributed by atoms with van der Waals surface area (Å²) in [5.74, 6) is 7.07. The summed E-state index contributed by atoms with van der Waals surface area (Å²) in [5.41, 5.74) is 25.6. The quantitative estimate of drug-likeness (QED) is 0.101. The molecule has 1 unspecified atom stereocenters. The van der Waals surface area contributed by atoms with Crippen molar-refractivity contribution in [2.75, 3.05) is 0 Å². The third-order valence-electron chi connectivity index (χ3n) is 15.7. The molecule has 2 aliphatic carbocycles. The van der Waals surface area contributed by atoms with Crippen molar-refractivity contribution < 1.29 is 0 Å². The van der Waals surface area contributed by atoms with Crippen LogP contribution < -0.4 is 0 Å². The molecule has 2 aliphatic rings. The predicted octanol–water partition coefficient (Wildman–Crippen LogP) is 22.4. The average molecular weight is 1080 g/mol. The minimum atomic E-state index is 0.0915. The van der Waals surface area contributed by atoms with Crippen LogP contribution in [-0.2, 0) is 12.8 Å². The van der Waals surface area contributed by atoms with E-state index in [1.165, 1.54) is 130 Å². The van der Waals surface area contributed by atoms with Crippen molar-refractivity contribution in [3.8, 4) is 45.2 Å². The molecule has 2 heterocycles. The van der Waals surface area contributed by atoms with E-state index in [9.17, 15) is 0 Å². The Morgan fingerprint density at radius 2 is 1.29 bits per heavy atom. The van der Waals surface area contributed by atoms with Gasteiger partial charge in [0.25, 0.3) is 0 Å². The summed E-state index contributed by atoms with van der Waals surface area (Å²) in [6.45, 7) is 23.7. The molecule has 0 spiro atoms. The van der Waals surface area contributed by atoms with Crippen molar-refractivity contribution in [3.05, 3.63) is 260 Å². The summed E-state index contributed by atoms with van der Waals surface area (Å²) in [7, 11) is 0. The Morgan fingerprint density at radius 1 is 0.588 bits per heavy atom. The van der Waals surface area contributed by atoms with Gasteiger partial charge < -0.3 is 0 Å². The lowest BCUT2D eigenvalue weighted by Crippen LogP contribution is -2.02. The van der Waals surface area contributed by atoms with E-state index in [-0.39, 0.29) is 5.92 Å². The number of benzene rings is 8. The molecule has 80 heavy (non-hydrogen) atoms. The van der Waals surface area contributed by atoms with Crippen LogP contribution in [0.3, 0.4) is 0 Å². The Labute approximate surface area is 484 Å². The van der Waals surface area contributed by atoms with Crippen molar-refractivity contribution in [3.63, 3.8) is 0 Å². The molecule has 2 aromatic heterocycles. The molecule has 0 saturated heterocycles. The van der Waals surface area contributed by atoms with E-state index in [0.29, 0.717) is 0 Å². The number of thiophene rings is 2. The van der Waals surface area contributed by atoms with Gasteiger partial charge in [0.15, 0.2) is 0 Å². The van der Waals surface area contributed by atoms with Crippen LogP contribution in [0.1, 0.15) is 120 Å². The second-order valence-corrected chi connectivity index (χ2v) is 24.0. The summed E-state index contributed by atoms with van der Waals surface area (Å²) >= 11 is 3.78. The summed E-state index contributed by atoms with van der Waals surface area (Å²) in [5, 5.41) is 4.04. The third kappa shape index (κ3) is 12.3. The van der Waals surface area contributed by atoms with E-state index in [4.69, 9.17) is 4.99 Å². The minimum absolute atomic E-state index is 0.0915. The Balaban J connectivity index is 0.000000145. The van der Waals surface area contributed by atoms with Gasteiger partial charge in [0, 0.05) is 52.3 Å². The second-order valence-electron chi connectivity index (χ2n) is 21.8. The van der Waals surface area contributed by atoms with Crippen LogP contribution >= 0.6 is 22.7 Å². The zero-order chi connectivity index (χ0) is 55.9. The zero-order valence-corrected chi connectivity index (χ0v) is 49.8. The molecule has 0 aliphatic heterocycles. The van der Waals surface area contributed by atoms with Crippen molar-refractivity contribution in [1.82, 2.24) is 0 Å². The molecule has 0 N–H and O–H groups in total. The van der Waals surface area contributed by atoms with Gasteiger partial charge in [0.2, 0.25) is 0 Å². The number of aliphatic imine (C=N–C) groups is 1. The number of nitrogens with zero attached hydrogens (tertiary/aromatic N) is 1. The fourth-order valence-electron chi connectivity index (χ4n) is 11.4. The van der Waals surface area contributed by atoms with Crippen LogP contribution in [-0.4, -0.2) is 5.71 Å². The highest BCUT2D eigenvalue weighted by molar-refractivity contribution is 7.25. The standard InChI is InChI=1S/C36H37NS.C22H22.C19H14S/c1-6-11-27-17-18-28(22-32(27)30-13-8-7-12-26(30)5)25(4)16-20-34(37-24(2)3)29-19-21-36-33(23-29)31-14-9-10-15-35(31)38-36;1-15-9-5-7-11-19(15)21-14-13-17(3)22(18(21)4)20-12-8-6-10-16(20)2;1-13-5-4-6-14(11-13)15-9-10-19-17(12-15)16-7-2-3-8-18(16)20-19/h8-9,13-14,17-19,21-23,25H,2,6-7,10-12,15H2,1,3-5H3;5-14H,1-4H3;2-12H,1H3. The predicted molar refractivity (Wildman–Crippen MR) is 354 cm³/mol. The average Bonchev–Trinajstić information content (AvgIpc) is 4.06. The van der Waals surface area contributed by atoms with Gasteiger partial charge in [-0.05, 0) is 213 Å². The number of hydrogen-bond acceptors (Lipinski definition) is 3. The molecule has 1 nitrogen and oxygen atoms in total. The first-order chi connectivity index (χ1) is 38.8. The SMILES string of the molecule is C=C(C)N=C(C#CC(C)c1ccc(CCC)c(C2=C(C)CCC=C2)c1)c1ccc2sc3c(c2c1)C=CCC3.Cc1cccc(-c2ccc3sc4ccccc4c3c2)c1.Cc1ccccc1-c1ccc(C)c(-c2ccccc2C)c1C. The maximum absolute atomic E-state index is 4.77. The van der Waals surface area contributed by atoms with Crippen LogP contribution in [0.2, 0.25) is 0 Å². The van der Waals surface area contributed by atoms with Gasteiger partial charge in [-0.15, -0.1) is 22.7 Å². The largest absolute Gasteiger partial charge is 0.245 e. The first kappa shape index (κ1) is 55.4. The molecule has 3 heteroatoms. The van der Waals surface area contributed by atoms with Crippen molar-refractivity contribution >= 4 is 70.3 Å². The molecule has 0 fully saturated rings. The van der Waals surface area contributed by atoms with Crippen molar-refractivity contribution in [2.24, 2.45) is 4.99 Å². The second kappa shape index (κ2) is 25.1. The molecule has 398 valence electrons. The molecule has 12 rings (SSSR count). The molecule has 1 atom stereocenters. The monoisotopic (exact) mass is 1080 g/mol. The van der Waals surface area contributed by atoms with E-state index in [0.717, 1.165) is 55.5 Å². The van der Waals surface area contributed by atoms with Crippen LogP contribution in [0.5, 0.6) is 0 Å². The van der Waals surface area contributed by atoms with Gasteiger partial charge in [-0.1, -0.05) is 189 Å². The van der Waals surface area contributed by atoms with E-state index in [2.05, 4.69) is 262 Å². The van der Waals surface area contributed by atoms with Gasteiger partial charge in [0.1, 0.15) is 5.71 Å². The number of hydrogen-bond donors (Lipinski definition) is 0. The Morgan fingerprint density at radius 3 is 2.05 bits per heavy atom. The molecule has 0 bridgehead atoms. The smallest absolute Gasteiger partial charge is 0.120 e. The lowest BCUT2D eigenvalue weighted by atomic mass is 9.86. The van der Waals surface area contributed by atoms with E-state index >= 15 is 0 Å². The lowest BCUT2D eigenvalue weighted by Gasteiger charge is -2.18. The number of rotatable bonds is 9. The molecule has 10 aromatic rings. The lowest BCUT2D eigenvalue weighted by molar-refractivity contribution is 0.909. The van der Waals surface area contributed by atoms with Gasteiger partial charge in [0.05, 0.1) is 0 Å². The van der Waals surface area contributed by atoms with Crippen LogP contribution in [0.15, 0.2) is 205 Å². The number of aryl methyl sites for hydroxylation is 6. The van der Waals surface area contributed by atoms with Gasteiger partial charge >= 0.3 is 0 Å². The van der Waals surface area contributed by atoms with Crippen LogP contribution in [0, 0.1) is 46.5 Å². The van der Waals surface area contributed by atoms with E-state index in [1.807, 2.05) is 29.6 Å². The molecule has 0 radical (unpaired) electrons. The van der Waals surface area contributed by atoms with E-state index < -0.39 is 0 Å². The topological polar surface area (TPSA) is 12.4 Å². The summed E-state index contributed by atoms with van der Waals surface area (Å²) in [6.07, 6.45) is 16.0. The Kier molecular flexibility index (Phi) is 17.4. The fraction of sp³-hybridized carbons (Fsp3) is 0.208. The van der Waals surface area contributed by atoms with Crippen LogP contribution in [0.25, 0.3) is 75.3 Å². The highest BCUT2D eigenvalue weighted by atomic mass is 32.1. The number of allylic oxidation sites excluding steroid dienone is 6. The molecular formula is C77H73NS2. The van der Waals surface area contributed by atoms with Gasteiger partial charge in [-0.25, -0.2) is 4.99 Å². The van der Waals surface area contributed by atoms with Gasteiger partial charge in [-0.2, -0.15) is 0 Å². The molecule has 8 aromatic carbocycles. The fourth-order valence-corrected chi connectivity index (χ4v) is 13.7. The Bertz CT molecular complexity index is 4150. The first-order valence-corrected chi connectivity index (χ1v) is 30.2. The number of fused-ring (bicyclic) bond motifs is 6. The van der Waals surface area contributed by atoms with Crippen molar-refractivity contribution in [1.29, 1.82) is 0 Å². The Hall–Kier alpha value is -7.87. The first-order valence-electron chi connectivity index (χ1n) is 28.5. The summed E-state index contributed by atoms with van der Waals surface area (Å²) in [6, 6.07) is 59.5. The maximum Gasteiger partial charge on any atom is 0.120 e. The van der Waals surface area contributed by atoms with Crippen molar-refractivity contribution in [2.45, 2.75) is 107 Å². The summed E-state index contributed by atoms with van der Waals surface area (Å²) < 4.78 is 4.06. The molecular weight excluding hydrogens is 1000 g/mol.